The van der Waals surface area contributed by atoms with Gasteiger partial charge in [0.15, 0.2) is 0 Å². The minimum absolute atomic E-state index is 0.0861. The molecule has 0 radical (unpaired) electrons. The topological polar surface area (TPSA) is 46.9 Å². The molecule has 3 heterocycles. The zero-order valence-electron chi connectivity index (χ0n) is 8.98. The molecule has 1 aliphatic heterocycles. The van der Waals surface area contributed by atoms with Crippen molar-refractivity contribution in [2.24, 2.45) is 0 Å². The quantitative estimate of drug-likeness (QED) is 0.755. The third-order valence-electron chi connectivity index (χ3n) is 2.83. The number of carbonyl (C=O) groups excluding carboxylic acids is 1. The van der Waals surface area contributed by atoms with Gasteiger partial charge >= 0.3 is 0 Å². The van der Waals surface area contributed by atoms with Crippen LogP contribution >= 0.6 is 0 Å². The smallest absolute Gasteiger partial charge is 0.267 e. The molecule has 86 valence electrons. The van der Waals surface area contributed by atoms with Crippen LogP contribution in [0, 0.1) is 5.95 Å². The number of aromatic nitrogens is 2. The van der Waals surface area contributed by atoms with Gasteiger partial charge in [-0.2, -0.15) is 4.39 Å². The Morgan fingerprint density at radius 2 is 2.24 bits per heavy atom. The molecule has 0 spiro atoms. The second-order valence-electron chi connectivity index (χ2n) is 3.93. The van der Waals surface area contributed by atoms with Gasteiger partial charge in [-0.3, -0.25) is 4.79 Å². The van der Waals surface area contributed by atoms with Crippen molar-refractivity contribution in [1.82, 2.24) is 14.9 Å². The first-order valence-electron chi connectivity index (χ1n) is 5.34. The number of nitrogens with one attached hydrogen (secondary N) is 1. The summed E-state index contributed by atoms with van der Waals surface area (Å²) in [5, 5.41) is 2.77. The van der Waals surface area contributed by atoms with E-state index in [-0.39, 0.29) is 5.91 Å². The fraction of sp³-hybridized carbons (Fsp3) is 0.167. The maximum Gasteiger partial charge on any atom is 0.267 e. The Morgan fingerprint density at radius 3 is 3.00 bits per heavy atom. The standard InChI is InChI=1S/C12H10FN3O/c13-11-6-8(1-2-14-11)9-5-10-12(17)15-3-4-16(10)7-9/h1-2,5-7H,3-4H2,(H,15,17). The Labute approximate surface area is 97.1 Å². The Balaban J connectivity index is 2.08. The van der Waals surface area contributed by atoms with E-state index in [2.05, 4.69) is 10.3 Å². The first-order chi connectivity index (χ1) is 8.24. The van der Waals surface area contributed by atoms with E-state index in [0.29, 0.717) is 12.2 Å². The van der Waals surface area contributed by atoms with E-state index < -0.39 is 5.95 Å². The maximum absolute atomic E-state index is 13.0. The molecule has 0 aromatic carbocycles. The largest absolute Gasteiger partial charge is 0.349 e. The molecule has 1 aliphatic rings. The number of amides is 1. The maximum atomic E-state index is 13.0. The summed E-state index contributed by atoms with van der Waals surface area (Å²) in [5.41, 5.74) is 2.18. The predicted octanol–water partition coefficient (Wildman–Crippen LogP) is 1.43. The van der Waals surface area contributed by atoms with E-state index >= 15 is 0 Å². The van der Waals surface area contributed by atoms with Crippen molar-refractivity contribution in [3.05, 3.63) is 42.2 Å². The van der Waals surface area contributed by atoms with Crippen LogP contribution < -0.4 is 5.32 Å². The summed E-state index contributed by atoms with van der Waals surface area (Å²) < 4.78 is 14.9. The van der Waals surface area contributed by atoms with Crippen molar-refractivity contribution >= 4 is 5.91 Å². The first kappa shape index (κ1) is 10.0. The summed E-state index contributed by atoms with van der Waals surface area (Å²) in [5.74, 6) is -0.604. The number of hydrogen-bond donors (Lipinski definition) is 1. The van der Waals surface area contributed by atoms with Gasteiger partial charge in [0.2, 0.25) is 5.95 Å². The molecule has 17 heavy (non-hydrogen) atoms. The zero-order chi connectivity index (χ0) is 11.8. The number of hydrogen-bond acceptors (Lipinski definition) is 2. The molecule has 2 aromatic heterocycles. The number of pyridine rings is 1. The van der Waals surface area contributed by atoms with Crippen LogP contribution in [0.2, 0.25) is 0 Å². The molecule has 0 unspecified atom stereocenters. The van der Waals surface area contributed by atoms with Gasteiger partial charge in [0.25, 0.3) is 5.91 Å². The van der Waals surface area contributed by atoms with Gasteiger partial charge < -0.3 is 9.88 Å². The van der Waals surface area contributed by atoms with Crippen LogP contribution in [0.3, 0.4) is 0 Å². The summed E-state index contributed by atoms with van der Waals surface area (Å²) in [7, 11) is 0. The zero-order valence-corrected chi connectivity index (χ0v) is 8.98. The lowest BCUT2D eigenvalue weighted by Crippen LogP contribution is -2.34. The Kier molecular flexibility index (Phi) is 2.18. The summed E-state index contributed by atoms with van der Waals surface area (Å²) >= 11 is 0. The van der Waals surface area contributed by atoms with Crippen LogP contribution in [0.4, 0.5) is 4.39 Å². The number of carbonyl (C=O) groups is 1. The van der Waals surface area contributed by atoms with Gasteiger partial charge in [-0.05, 0) is 17.7 Å². The van der Waals surface area contributed by atoms with E-state index in [9.17, 15) is 9.18 Å². The Morgan fingerprint density at radius 1 is 1.35 bits per heavy atom. The van der Waals surface area contributed by atoms with Crippen LogP contribution in [0.5, 0.6) is 0 Å². The van der Waals surface area contributed by atoms with Gasteiger partial charge in [0.1, 0.15) is 5.69 Å². The van der Waals surface area contributed by atoms with E-state index in [0.717, 1.165) is 17.7 Å². The SMILES string of the molecule is O=C1NCCn2cc(-c3ccnc(F)c3)cc21. The van der Waals surface area contributed by atoms with Crippen molar-refractivity contribution in [2.75, 3.05) is 6.54 Å². The average molecular weight is 231 g/mol. The molecular weight excluding hydrogens is 221 g/mol. The molecule has 1 N–H and O–H groups in total. The highest BCUT2D eigenvalue weighted by atomic mass is 19.1. The molecule has 0 fully saturated rings. The van der Waals surface area contributed by atoms with Crippen LogP contribution in [0.1, 0.15) is 10.5 Å². The minimum atomic E-state index is -0.517. The second kappa shape index (κ2) is 3.69. The monoisotopic (exact) mass is 231 g/mol. The molecule has 2 aromatic rings. The number of fused-ring (bicyclic) bond motifs is 1. The molecule has 4 nitrogen and oxygen atoms in total. The molecule has 3 rings (SSSR count). The lowest BCUT2D eigenvalue weighted by Gasteiger charge is -2.14. The lowest BCUT2D eigenvalue weighted by molar-refractivity contribution is 0.0928. The normalized spacial score (nSPS) is 14.3. The van der Waals surface area contributed by atoms with Crippen LogP contribution in [-0.2, 0) is 6.54 Å². The summed E-state index contributed by atoms with van der Waals surface area (Å²) in [4.78, 5) is 15.1. The molecular formula is C12H10FN3O. The Bertz CT molecular complexity index is 591. The molecule has 0 atom stereocenters. The fourth-order valence-corrected chi connectivity index (χ4v) is 2.01. The first-order valence-corrected chi connectivity index (χ1v) is 5.34. The summed E-state index contributed by atoms with van der Waals surface area (Å²) in [6.07, 6.45) is 3.28. The van der Waals surface area contributed by atoms with Crippen LogP contribution in [-0.4, -0.2) is 22.0 Å². The third kappa shape index (κ3) is 1.69. The summed E-state index contributed by atoms with van der Waals surface area (Å²) in [6, 6.07) is 4.85. The third-order valence-corrected chi connectivity index (χ3v) is 2.83. The molecule has 0 bridgehead atoms. The van der Waals surface area contributed by atoms with Crippen molar-refractivity contribution in [3.63, 3.8) is 0 Å². The lowest BCUT2D eigenvalue weighted by atomic mass is 10.1. The van der Waals surface area contributed by atoms with Gasteiger partial charge in [0.05, 0.1) is 0 Å². The van der Waals surface area contributed by atoms with Crippen molar-refractivity contribution in [3.8, 4) is 11.1 Å². The molecule has 0 saturated heterocycles. The predicted molar refractivity (Wildman–Crippen MR) is 60.0 cm³/mol. The minimum Gasteiger partial charge on any atom is -0.349 e. The Hall–Kier alpha value is -2.17. The van der Waals surface area contributed by atoms with E-state index in [1.54, 1.807) is 12.1 Å². The van der Waals surface area contributed by atoms with E-state index in [4.69, 9.17) is 0 Å². The van der Waals surface area contributed by atoms with Gasteiger partial charge in [-0.1, -0.05) is 0 Å². The van der Waals surface area contributed by atoms with Crippen molar-refractivity contribution in [1.29, 1.82) is 0 Å². The number of nitrogens with zero attached hydrogens (tertiary/aromatic N) is 2. The highest BCUT2D eigenvalue weighted by Gasteiger charge is 2.18. The van der Waals surface area contributed by atoms with Crippen molar-refractivity contribution < 1.29 is 9.18 Å². The fourth-order valence-electron chi connectivity index (χ4n) is 2.01. The van der Waals surface area contributed by atoms with Gasteiger partial charge in [0, 0.05) is 37.1 Å². The second-order valence-corrected chi connectivity index (χ2v) is 3.93. The van der Waals surface area contributed by atoms with E-state index in [1.807, 2.05) is 10.8 Å². The molecule has 0 saturated carbocycles. The molecule has 0 aliphatic carbocycles. The number of halogens is 1. The van der Waals surface area contributed by atoms with Crippen LogP contribution in [0.15, 0.2) is 30.6 Å². The average Bonchev–Trinajstić information content (AvgIpc) is 2.74. The van der Waals surface area contributed by atoms with Crippen LogP contribution in [0.25, 0.3) is 11.1 Å². The van der Waals surface area contributed by atoms with Gasteiger partial charge in [-0.25, -0.2) is 4.98 Å². The summed E-state index contributed by atoms with van der Waals surface area (Å²) in [6.45, 7) is 1.37. The highest BCUT2D eigenvalue weighted by molar-refractivity contribution is 5.94. The van der Waals surface area contributed by atoms with Gasteiger partial charge in [-0.15, -0.1) is 0 Å². The van der Waals surface area contributed by atoms with E-state index in [1.165, 1.54) is 12.3 Å². The van der Waals surface area contributed by atoms with Crippen molar-refractivity contribution in [2.45, 2.75) is 6.54 Å². The molecule has 1 amide bonds. The number of rotatable bonds is 1. The molecule has 5 heteroatoms. The highest BCUT2D eigenvalue weighted by Crippen LogP contribution is 2.23.